The standard InChI is InChI=1S/C16H16ClN3O4S/c1-10(21)19-12(13-5-3-7-25-13)8-15(23)24-9-14(22)20-11-4-2-6-18-16(11)17/h2-7,12H,8-9H2,1H3,(H,19,21)(H,20,22). The van der Waals surface area contributed by atoms with E-state index < -0.39 is 24.5 Å². The lowest BCUT2D eigenvalue weighted by atomic mass is 10.1. The quantitative estimate of drug-likeness (QED) is 0.567. The van der Waals surface area contributed by atoms with E-state index in [1.54, 1.807) is 12.1 Å². The van der Waals surface area contributed by atoms with Crippen LogP contribution in [-0.4, -0.2) is 29.4 Å². The lowest BCUT2D eigenvalue weighted by molar-refractivity contribution is -0.147. The van der Waals surface area contributed by atoms with Crippen LogP contribution < -0.4 is 10.6 Å². The lowest BCUT2D eigenvalue weighted by Crippen LogP contribution is -2.29. The van der Waals surface area contributed by atoms with Gasteiger partial charge in [0.25, 0.3) is 5.91 Å². The van der Waals surface area contributed by atoms with Crippen molar-refractivity contribution in [3.05, 3.63) is 45.9 Å². The smallest absolute Gasteiger partial charge is 0.308 e. The molecule has 0 saturated heterocycles. The Hall–Kier alpha value is -2.45. The van der Waals surface area contributed by atoms with Crippen LogP contribution in [0.5, 0.6) is 0 Å². The van der Waals surface area contributed by atoms with Gasteiger partial charge in [-0.1, -0.05) is 17.7 Å². The maximum atomic E-state index is 12.0. The van der Waals surface area contributed by atoms with E-state index in [0.29, 0.717) is 5.69 Å². The summed E-state index contributed by atoms with van der Waals surface area (Å²) in [5.41, 5.74) is 0.333. The third-order valence-corrected chi connectivity index (χ3v) is 4.32. The number of halogens is 1. The topological polar surface area (TPSA) is 97.4 Å². The zero-order valence-electron chi connectivity index (χ0n) is 13.3. The Morgan fingerprint density at radius 1 is 1.32 bits per heavy atom. The summed E-state index contributed by atoms with van der Waals surface area (Å²) in [7, 11) is 0. The van der Waals surface area contributed by atoms with Gasteiger partial charge in [-0.15, -0.1) is 11.3 Å². The number of nitrogens with zero attached hydrogens (tertiary/aromatic N) is 1. The number of rotatable bonds is 7. The summed E-state index contributed by atoms with van der Waals surface area (Å²) >= 11 is 7.25. The Morgan fingerprint density at radius 3 is 2.76 bits per heavy atom. The molecule has 2 aromatic heterocycles. The number of ether oxygens (including phenoxy) is 1. The minimum Gasteiger partial charge on any atom is -0.455 e. The molecule has 0 aliphatic heterocycles. The summed E-state index contributed by atoms with van der Waals surface area (Å²) in [4.78, 5) is 39.7. The van der Waals surface area contributed by atoms with Crippen molar-refractivity contribution in [2.24, 2.45) is 0 Å². The average molecular weight is 382 g/mol. The molecule has 7 nitrogen and oxygen atoms in total. The second-order valence-corrected chi connectivity index (χ2v) is 6.36. The number of carbonyl (C=O) groups excluding carboxylic acids is 3. The first kappa shape index (κ1) is 18.9. The summed E-state index contributed by atoms with van der Waals surface area (Å²) in [6.07, 6.45) is 1.42. The third-order valence-electron chi connectivity index (χ3n) is 3.03. The number of hydrogen-bond donors (Lipinski definition) is 2. The van der Waals surface area contributed by atoms with Crippen LogP contribution in [0.15, 0.2) is 35.8 Å². The molecule has 2 N–H and O–H groups in total. The largest absolute Gasteiger partial charge is 0.455 e. The third kappa shape index (κ3) is 6.17. The number of pyridine rings is 1. The Kier molecular flexibility index (Phi) is 6.91. The first-order chi connectivity index (χ1) is 12.0. The zero-order chi connectivity index (χ0) is 18.2. The van der Waals surface area contributed by atoms with E-state index in [4.69, 9.17) is 16.3 Å². The summed E-state index contributed by atoms with van der Waals surface area (Å²) in [5, 5.41) is 7.18. The predicted molar refractivity (Wildman–Crippen MR) is 94.3 cm³/mol. The molecule has 0 saturated carbocycles. The molecular formula is C16H16ClN3O4S. The first-order valence-corrected chi connectivity index (χ1v) is 8.58. The van der Waals surface area contributed by atoms with Crippen molar-refractivity contribution >= 4 is 46.4 Å². The number of hydrogen-bond acceptors (Lipinski definition) is 6. The number of amides is 2. The van der Waals surface area contributed by atoms with Gasteiger partial charge in [-0.3, -0.25) is 14.4 Å². The molecule has 0 radical (unpaired) electrons. The predicted octanol–water partition coefficient (Wildman–Crippen LogP) is 2.55. The van der Waals surface area contributed by atoms with Crippen LogP contribution in [0.2, 0.25) is 5.15 Å². The van der Waals surface area contributed by atoms with Gasteiger partial charge >= 0.3 is 5.97 Å². The highest BCUT2D eigenvalue weighted by Crippen LogP contribution is 2.22. The number of esters is 1. The van der Waals surface area contributed by atoms with E-state index in [1.165, 1.54) is 24.5 Å². The molecular weight excluding hydrogens is 366 g/mol. The van der Waals surface area contributed by atoms with Crippen LogP contribution in [0.1, 0.15) is 24.3 Å². The summed E-state index contributed by atoms with van der Waals surface area (Å²) in [6, 6.07) is 6.35. The molecule has 2 amide bonds. The van der Waals surface area contributed by atoms with Crippen molar-refractivity contribution in [1.82, 2.24) is 10.3 Å². The molecule has 1 unspecified atom stereocenters. The van der Waals surface area contributed by atoms with Crippen LogP contribution in [0.4, 0.5) is 5.69 Å². The summed E-state index contributed by atoms with van der Waals surface area (Å²) < 4.78 is 4.96. The van der Waals surface area contributed by atoms with E-state index in [9.17, 15) is 14.4 Å². The second-order valence-electron chi connectivity index (χ2n) is 5.02. The van der Waals surface area contributed by atoms with Crippen molar-refractivity contribution in [2.75, 3.05) is 11.9 Å². The van der Waals surface area contributed by atoms with Gasteiger partial charge in [0.1, 0.15) is 0 Å². The SMILES string of the molecule is CC(=O)NC(CC(=O)OCC(=O)Nc1cccnc1Cl)c1cccs1. The summed E-state index contributed by atoms with van der Waals surface area (Å²) in [6.45, 7) is 0.915. The van der Waals surface area contributed by atoms with Crippen LogP contribution in [0, 0.1) is 0 Å². The molecule has 0 aliphatic rings. The second kappa shape index (κ2) is 9.14. The van der Waals surface area contributed by atoms with Gasteiger partial charge in [0.2, 0.25) is 5.91 Å². The van der Waals surface area contributed by atoms with Gasteiger partial charge in [-0.25, -0.2) is 4.98 Å². The molecule has 0 bridgehead atoms. The van der Waals surface area contributed by atoms with Gasteiger partial charge in [0.05, 0.1) is 18.2 Å². The highest BCUT2D eigenvalue weighted by Gasteiger charge is 2.19. The Balaban J connectivity index is 1.85. The van der Waals surface area contributed by atoms with Crippen molar-refractivity contribution < 1.29 is 19.1 Å². The van der Waals surface area contributed by atoms with Gasteiger partial charge in [-0.2, -0.15) is 0 Å². The van der Waals surface area contributed by atoms with E-state index in [-0.39, 0.29) is 17.5 Å². The summed E-state index contributed by atoms with van der Waals surface area (Å²) in [5.74, 6) is -1.38. The van der Waals surface area contributed by atoms with Gasteiger partial charge in [-0.05, 0) is 23.6 Å². The van der Waals surface area contributed by atoms with Crippen LogP contribution in [0.25, 0.3) is 0 Å². The normalized spacial score (nSPS) is 11.4. The van der Waals surface area contributed by atoms with Crippen molar-refractivity contribution in [2.45, 2.75) is 19.4 Å². The fourth-order valence-electron chi connectivity index (χ4n) is 1.99. The number of anilines is 1. The van der Waals surface area contributed by atoms with E-state index in [1.807, 2.05) is 17.5 Å². The van der Waals surface area contributed by atoms with Gasteiger partial charge in [0, 0.05) is 18.0 Å². The monoisotopic (exact) mass is 381 g/mol. The minimum absolute atomic E-state index is 0.0684. The number of thiophene rings is 1. The van der Waals surface area contributed by atoms with Crippen molar-refractivity contribution in [3.63, 3.8) is 0 Å². The molecule has 9 heteroatoms. The fourth-order valence-corrected chi connectivity index (χ4v) is 2.94. The molecule has 25 heavy (non-hydrogen) atoms. The minimum atomic E-state index is -0.598. The van der Waals surface area contributed by atoms with E-state index in [0.717, 1.165) is 4.88 Å². The Morgan fingerprint density at radius 2 is 2.12 bits per heavy atom. The molecule has 132 valence electrons. The van der Waals surface area contributed by atoms with E-state index in [2.05, 4.69) is 15.6 Å². The zero-order valence-corrected chi connectivity index (χ0v) is 14.9. The maximum Gasteiger partial charge on any atom is 0.308 e. The Bertz CT molecular complexity index is 752. The Labute approximate surface area is 153 Å². The molecule has 2 aromatic rings. The van der Waals surface area contributed by atoms with Crippen molar-refractivity contribution in [1.29, 1.82) is 0 Å². The number of carbonyl (C=O) groups is 3. The van der Waals surface area contributed by atoms with Crippen LogP contribution in [0.3, 0.4) is 0 Å². The maximum absolute atomic E-state index is 12.0. The van der Waals surface area contributed by atoms with E-state index >= 15 is 0 Å². The molecule has 0 aliphatic carbocycles. The molecule has 2 heterocycles. The first-order valence-electron chi connectivity index (χ1n) is 7.32. The molecule has 0 aromatic carbocycles. The van der Waals surface area contributed by atoms with Gasteiger partial charge in [0.15, 0.2) is 11.8 Å². The number of aromatic nitrogens is 1. The van der Waals surface area contributed by atoms with Crippen LogP contribution >= 0.6 is 22.9 Å². The fraction of sp³-hybridized carbons (Fsp3) is 0.250. The van der Waals surface area contributed by atoms with Gasteiger partial charge < -0.3 is 15.4 Å². The molecule has 2 rings (SSSR count). The van der Waals surface area contributed by atoms with Crippen LogP contribution in [-0.2, 0) is 19.1 Å². The average Bonchev–Trinajstić information content (AvgIpc) is 3.08. The number of nitrogens with one attached hydrogen (secondary N) is 2. The highest BCUT2D eigenvalue weighted by molar-refractivity contribution is 7.10. The molecule has 0 fully saturated rings. The van der Waals surface area contributed by atoms with Crippen molar-refractivity contribution in [3.8, 4) is 0 Å². The molecule has 0 spiro atoms. The highest BCUT2D eigenvalue weighted by atomic mass is 35.5. The lowest BCUT2D eigenvalue weighted by Gasteiger charge is -2.15. The molecule has 1 atom stereocenters.